The minimum atomic E-state index is -1.72. The van der Waals surface area contributed by atoms with E-state index in [1.54, 1.807) is 30.3 Å². The van der Waals surface area contributed by atoms with Crippen LogP contribution in [0, 0.1) is 13.8 Å². The number of phenolic OH excluding ortho intramolecular Hbond substituents is 1. The average Bonchev–Trinajstić information content (AvgIpc) is 2.62. The van der Waals surface area contributed by atoms with Crippen molar-refractivity contribution in [1.29, 1.82) is 0 Å². The van der Waals surface area contributed by atoms with E-state index in [1.165, 1.54) is 5.56 Å². The van der Waals surface area contributed by atoms with E-state index in [4.69, 9.17) is 4.18 Å². The van der Waals surface area contributed by atoms with Crippen LogP contribution < -0.4 is 8.91 Å². The summed E-state index contributed by atoms with van der Waals surface area (Å²) in [6.45, 7) is 4.01. The molecule has 4 nitrogen and oxygen atoms in total. The molecule has 0 heterocycles. The van der Waals surface area contributed by atoms with Gasteiger partial charge in [-0.1, -0.05) is 47.5 Å². The van der Waals surface area contributed by atoms with Gasteiger partial charge in [0.25, 0.3) is 0 Å². The van der Waals surface area contributed by atoms with Crippen LogP contribution in [0.5, 0.6) is 11.5 Å². The van der Waals surface area contributed by atoms with Crippen molar-refractivity contribution in [2.45, 2.75) is 20.3 Å². The molecule has 0 amide bonds. The van der Waals surface area contributed by atoms with Crippen LogP contribution in [0.1, 0.15) is 22.3 Å². The third kappa shape index (κ3) is 4.86. The van der Waals surface area contributed by atoms with E-state index in [9.17, 15) is 9.32 Å². The monoisotopic (exact) mass is 367 g/mol. The molecule has 0 fully saturated rings. The van der Waals surface area contributed by atoms with Gasteiger partial charge in [0.05, 0.1) is 0 Å². The molecule has 3 rings (SSSR count). The van der Waals surface area contributed by atoms with Crippen LogP contribution in [0.15, 0.2) is 66.7 Å². The topological polar surface area (TPSA) is 58.6 Å². The van der Waals surface area contributed by atoms with Crippen LogP contribution in [0.2, 0.25) is 0 Å². The third-order valence-corrected chi connectivity index (χ3v) is 4.73. The zero-order valence-corrected chi connectivity index (χ0v) is 15.5. The minimum Gasteiger partial charge on any atom is -0.508 e. The van der Waals surface area contributed by atoms with Gasteiger partial charge in [0.1, 0.15) is 11.5 Å². The highest BCUT2D eigenvalue weighted by Crippen LogP contribution is 2.25. The Kier molecular flexibility index (Phi) is 5.58. The number of nitrogens with one attached hydrogen (secondary N) is 1. The predicted octanol–water partition coefficient (Wildman–Crippen LogP) is 4.67. The summed E-state index contributed by atoms with van der Waals surface area (Å²) in [4.78, 5) is 0. The summed E-state index contributed by atoms with van der Waals surface area (Å²) in [5.74, 6) is 0.737. The van der Waals surface area contributed by atoms with Crippen molar-refractivity contribution < 1.29 is 13.5 Å². The maximum Gasteiger partial charge on any atom is 0.316 e. The Morgan fingerprint density at radius 2 is 1.54 bits per heavy atom. The second-order valence-electron chi connectivity index (χ2n) is 6.24. The van der Waals surface area contributed by atoms with Crippen molar-refractivity contribution in [2.24, 2.45) is 0 Å². The number of anilines is 1. The van der Waals surface area contributed by atoms with Crippen LogP contribution in [0.25, 0.3) is 0 Å². The molecule has 5 heteroatoms. The molecule has 3 aromatic carbocycles. The molecule has 0 spiro atoms. The summed E-state index contributed by atoms with van der Waals surface area (Å²) in [5, 5.41) is 10.1. The van der Waals surface area contributed by atoms with Crippen LogP contribution in [0.3, 0.4) is 0 Å². The van der Waals surface area contributed by atoms with Crippen molar-refractivity contribution in [3.8, 4) is 11.5 Å². The lowest BCUT2D eigenvalue weighted by Gasteiger charge is -2.10. The van der Waals surface area contributed by atoms with E-state index in [-0.39, 0.29) is 5.75 Å². The number of hydrogen-bond donors (Lipinski definition) is 2. The first-order chi connectivity index (χ1) is 12.5. The summed E-state index contributed by atoms with van der Waals surface area (Å²) in [5.41, 5.74) is 4.77. The molecular formula is C21H21NO3S. The molecular weight excluding hydrogens is 346 g/mol. The Balaban J connectivity index is 1.69. The van der Waals surface area contributed by atoms with Gasteiger partial charge in [0.2, 0.25) is 0 Å². The number of phenols is 1. The van der Waals surface area contributed by atoms with E-state index in [1.807, 2.05) is 50.2 Å². The molecule has 0 saturated carbocycles. The molecule has 0 aliphatic rings. The first-order valence-electron chi connectivity index (χ1n) is 8.30. The smallest absolute Gasteiger partial charge is 0.316 e. The molecule has 0 aliphatic heterocycles. The molecule has 0 saturated heterocycles. The minimum absolute atomic E-state index is 0.210. The Hall–Kier alpha value is -2.79. The second-order valence-corrected chi connectivity index (χ2v) is 7.08. The Morgan fingerprint density at radius 1 is 0.923 bits per heavy atom. The Morgan fingerprint density at radius 3 is 2.19 bits per heavy atom. The molecule has 0 aromatic heterocycles. The van der Waals surface area contributed by atoms with Crippen molar-refractivity contribution >= 4 is 17.0 Å². The molecule has 0 radical (unpaired) electrons. The first kappa shape index (κ1) is 18.0. The molecule has 0 aliphatic carbocycles. The molecule has 0 bridgehead atoms. The van der Waals surface area contributed by atoms with Crippen molar-refractivity contribution in [3.05, 3.63) is 89.0 Å². The van der Waals surface area contributed by atoms with Gasteiger partial charge in [0.15, 0.2) is 0 Å². The predicted molar refractivity (Wildman–Crippen MR) is 106 cm³/mol. The van der Waals surface area contributed by atoms with Crippen LogP contribution in [-0.2, 0) is 17.7 Å². The number of aryl methyl sites for hydroxylation is 2. The zero-order chi connectivity index (χ0) is 18.5. The quantitative estimate of drug-likeness (QED) is 0.623. The molecule has 134 valence electrons. The van der Waals surface area contributed by atoms with Gasteiger partial charge < -0.3 is 9.29 Å². The number of rotatable bonds is 6. The third-order valence-electron chi connectivity index (χ3n) is 3.99. The van der Waals surface area contributed by atoms with Crippen molar-refractivity contribution in [2.75, 3.05) is 4.72 Å². The van der Waals surface area contributed by atoms with Gasteiger partial charge in [-0.15, -0.1) is 0 Å². The maximum absolute atomic E-state index is 12.2. The van der Waals surface area contributed by atoms with Crippen molar-refractivity contribution in [3.63, 3.8) is 0 Å². The molecule has 26 heavy (non-hydrogen) atoms. The summed E-state index contributed by atoms with van der Waals surface area (Å²) >= 11 is -1.72. The SMILES string of the molecule is Cc1ccc(Cc2cc(NS(=O)Oc3ccc(C)cc3)ccc2O)cc1. The lowest BCUT2D eigenvalue weighted by atomic mass is 10.0. The lowest BCUT2D eigenvalue weighted by Crippen LogP contribution is -2.11. The van der Waals surface area contributed by atoms with E-state index < -0.39 is 11.3 Å². The highest BCUT2D eigenvalue weighted by Gasteiger charge is 2.08. The Bertz CT molecular complexity index is 906. The Labute approximate surface area is 156 Å². The molecule has 3 aromatic rings. The van der Waals surface area contributed by atoms with Gasteiger partial charge in [-0.25, -0.2) is 0 Å². The maximum atomic E-state index is 12.2. The average molecular weight is 367 g/mol. The summed E-state index contributed by atoms with van der Waals surface area (Å²) in [6.07, 6.45) is 0.590. The fourth-order valence-electron chi connectivity index (χ4n) is 2.51. The van der Waals surface area contributed by atoms with Gasteiger partial charge in [0, 0.05) is 17.7 Å². The fraction of sp³-hybridized carbons (Fsp3) is 0.143. The van der Waals surface area contributed by atoms with Crippen LogP contribution in [-0.4, -0.2) is 9.32 Å². The summed E-state index contributed by atoms with van der Waals surface area (Å²) < 4.78 is 20.4. The van der Waals surface area contributed by atoms with Crippen molar-refractivity contribution in [1.82, 2.24) is 0 Å². The highest BCUT2D eigenvalue weighted by atomic mass is 32.2. The highest BCUT2D eigenvalue weighted by molar-refractivity contribution is 7.81. The van der Waals surface area contributed by atoms with Crippen LogP contribution in [0.4, 0.5) is 5.69 Å². The van der Waals surface area contributed by atoms with Gasteiger partial charge in [-0.05, 0) is 49.7 Å². The van der Waals surface area contributed by atoms with Gasteiger partial charge in [-0.2, -0.15) is 4.21 Å². The van der Waals surface area contributed by atoms with E-state index in [2.05, 4.69) is 4.72 Å². The molecule has 1 unspecified atom stereocenters. The zero-order valence-electron chi connectivity index (χ0n) is 14.7. The molecule has 2 N–H and O–H groups in total. The summed E-state index contributed by atoms with van der Waals surface area (Å²) in [7, 11) is 0. The second kappa shape index (κ2) is 8.06. The summed E-state index contributed by atoms with van der Waals surface area (Å²) in [6, 6.07) is 20.5. The first-order valence-corrected chi connectivity index (χ1v) is 9.38. The van der Waals surface area contributed by atoms with Gasteiger partial charge >= 0.3 is 11.3 Å². The van der Waals surface area contributed by atoms with Crippen LogP contribution >= 0.6 is 0 Å². The number of benzene rings is 3. The lowest BCUT2D eigenvalue weighted by molar-refractivity contribution is 0.469. The largest absolute Gasteiger partial charge is 0.508 e. The van der Waals surface area contributed by atoms with E-state index in [0.29, 0.717) is 17.9 Å². The van der Waals surface area contributed by atoms with Gasteiger partial charge in [-0.3, -0.25) is 4.72 Å². The normalized spacial score (nSPS) is 11.8. The number of hydrogen-bond acceptors (Lipinski definition) is 3. The standard InChI is InChI=1S/C21H21NO3S/c1-15-3-7-17(8-4-15)13-18-14-19(9-12-21(18)23)22-26(24)25-20-10-5-16(2)6-11-20/h3-12,14,22-23H,13H2,1-2H3. The number of aromatic hydroxyl groups is 1. The molecule has 1 atom stereocenters. The van der Waals surface area contributed by atoms with E-state index in [0.717, 1.165) is 16.7 Å². The van der Waals surface area contributed by atoms with E-state index >= 15 is 0 Å². The fourth-order valence-corrected chi connectivity index (χ4v) is 3.16.